The van der Waals surface area contributed by atoms with Gasteiger partial charge in [0.05, 0.1) is 30.8 Å². The third-order valence-corrected chi connectivity index (χ3v) is 4.63. The number of esters is 2. The van der Waals surface area contributed by atoms with E-state index in [2.05, 4.69) is 10.4 Å². The number of anilines is 1. The summed E-state index contributed by atoms with van der Waals surface area (Å²) in [5, 5.41) is 7.05. The molecule has 0 spiro atoms. The topological polar surface area (TPSA) is 109 Å². The largest absolute Gasteiger partial charge is 0.482 e. The average molecular weight is 451 g/mol. The lowest BCUT2D eigenvalue weighted by molar-refractivity contribution is -0.145. The second-order valence-corrected chi connectivity index (χ2v) is 6.90. The second kappa shape index (κ2) is 10.9. The van der Waals surface area contributed by atoms with Gasteiger partial charge in [-0.25, -0.2) is 14.3 Å². The molecular weight excluding hydrogens is 426 g/mol. The maximum atomic E-state index is 12.6. The van der Waals surface area contributed by atoms with Gasteiger partial charge in [0.1, 0.15) is 11.3 Å². The van der Waals surface area contributed by atoms with Gasteiger partial charge in [-0.2, -0.15) is 5.10 Å². The molecular formula is C24H25N3O6. The summed E-state index contributed by atoms with van der Waals surface area (Å²) in [5.74, 6) is -0.768. The van der Waals surface area contributed by atoms with Crippen molar-refractivity contribution in [2.75, 3.05) is 25.1 Å². The van der Waals surface area contributed by atoms with Gasteiger partial charge in [-0.15, -0.1) is 0 Å². The average Bonchev–Trinajstić information content (AvgIpc) is 3.20. The van der Waals surface area contributed by atoms with Crippen molar-refractivity contribution in [1.29, 1.82) is 0 Å². The maximum absolute atomic E-state index is 12.6. The second-order valence-electron chi connectivity index (χ2n) is 6.90. The molecule has 0 aliphatic rings. The fraction of sp³-hybridized carbons (Fsp3) is 0.250. The van der Waals surface area contributed by atoms with Crippen LogP contribution in [-0.4, -0.2) is 47.4 Å². The molecule has 1 amide bonds. The number of amides is 1. The van der Waals surface area contributed by atoms with Crippen molar-refractivity contribution in [3.63, 3.8) is 0 Å². The zero-order valence-electron chi connectivity index (χ0n) is 18.7. The van der Waals surface area contributed by atoms with Crippen LogP contribution in [0.4, 0.5) is 5.69 Å². The van der Waals surface area contributed by atoms with E-state index in [0.29, 0.717) is 33.9 Å². The first-order chi connectivity index (χ1) is 15.9. The number of hydrogen-bond acceptors (Lipinski definition) is 7. The van der Waals surface area contributed by atoms with E-state index in [1.807, 2.05) is 0 Å². The molecule has 0 aliphatic carbocycles. The number of aromatic nitrogens is 2. The summed E-state index contributed by atoms with van der Waals surface area (Å²) in [5.41, 5.74) is 2.70. The van der Waals surface area contributed by atoms with Gasteiger partial charge in [0.2, 0.25) is 0 Å². The summed E-state index contributed by atoms with van der Waals surface area (Å²) in [6, 6.07) is 13.5. The predicted molar refractivity (Wildman–Crippen MR) is 121 cm³/mol. The van der Waals surface area contributed by atoms with Crippen LogP contribution in [0.1, 0.15) is 40.3 Å². The van der Waals surface area contributed by atoms with Crippen LogP contribution in [0.25, 0.3) is 5.69 Å². The molecule has 0 aliphatic heterocycles. The van der Waals surface area contributed by atoms with Gasteiger partial charge in [0.15, 0.2) is 6.61 Å². The number of ether oxygens (including phenoxy) is 3. The summed E-state index contributed by atoms with van der Waals surface area (Å²) < 4.78 is 16.9. The normalized spacial score (nSPS) is 10.4. The Morgan fingerprint density at radius 3 is 2.42 bits per heavy atom. The number of rotatable bonds is 9. The fourth-order valence-electron chi connectivity index (χ4n) is 3.04. The molecule has 0 saturated heterocycles. The number of benzene rings is 2. The molecule has 9 heteroatoms. The quantitative estimate of drug-likeness (QED) is 0.496. The summed E-state index contributed by atoms with van der Waals surface area (Å²) in [6.07, 6.45) is 1.46. The van der Waals surface area contributed by atoms with Gasteiger partial charge in [-0.1, -0.05) is 6.07 Å². The molecule has 0 bridgehead atoms. The molecule has 33 heavy (non-hydrogen) atoms. The first kappa shape index (κ1) is 23.5. The number of carbonyl (C=O) groups is 3. The van der Waals surface area contributed by atoms with E-state index < -0.39 is 11.9 Å². The summed E-state index contributed by atoms with van der Waals surface area (Å²) in [7, 11) is 0. The van der Waals surface area contributed by atoms with Gasteiger partial charge < -0.3 is 19.5 Å². The number of hydrogen-bond donors (Lipinski definition) is 1. The van der Waals surface area contributed by atoms with E-state index >= 15 is 0 Å². The standard InChI is InChI=1S/C24H25N3O6/c1-4-31-22(28)15-33-20-8-6-7-18(13-20)26-23(29)17-9-11-19(12-10-17)27-16(3)21(14-25-27)24(30)32-5-2/h6-14H,4-5,15H2,1-3H3,(H,26,29). The van der Waals surface area contributed by atoms with Gasteiger partial charge in [-0.05, 0) is 57.2 Å². The zero-order valence-corrected chi connectivity index (χ0v) is 18.7. The third kappa shape index (κ3) is 5.97. The SMILES string of the molecule is CCOC(=O)COc1cccc(NC(=O)c2ccc(-n3ncc(C(=O)OCC)c3C)cc2)c1. The van der Waals surface area contributed by atoms with Crippen molar-refractivity contribution in [3.05, 3.63) is 71.5 Å². The van der Waals surface area contributed by atoms with Crippen molar-refractivity contribution < 1.29 is 28.6 Å². The smallest absolute Gasteiger partial charge is 0.344 e. The zero-order chi connectivity index (χ0) is 23.8. The van der Waals surface area contributed by atoms with Crippen molar-refractivity contribution >= 4 is 23.5 Å². The van der Waals surface area contributed by atoms with Crippen molar-refractivity contribution in [2.45, 2.75) is 20.8 Å². The van der Waals surface area contributed by atoms with E-state index in [1.54, 1.807) is 74.0 Å². The first-order valence-corrected chi connectivity index (χ1v) is 10.4. The molecule has 0 saturated carbocycles. The minimum atomic E-state index is -0.464. The first-order valence-electron chi connectivity index (χ1n) is 10.4. The van der Waals surface area contributed by atoms with Crippen LogP contribution < -0.4 is 10.1 Å². The van der Waals surface area contributed by atoms with Crippen LogP contribution in [0, 0.1) is 6.92 Å². The minimum Gasteiger partial charge on any atom is -0.482 e. The monoisotopic (exact) mass is 451 g/mol. The van der Waals surface area contributed by atoms with Crippen molar-refractivity contribution in [2.24, 2.45) is 0 Å². The lowest BCUT2D eigenvalue weighted by Gasteiger charge is -2.10. The Morgan fingerprint density at radius 1 is 1.00 bits per heavy atom. The number of carbonyl (C=O) groups excluding carboxylic acids is 3. The minimum absolute atomic E-state index is 0.211. The molecule has 172 valence electrons. The predicted octanol–water partition coefficient (Wildman–Crippen LogP) is 3.55. The molecule has 0 radical (unpaired) electrons. The molecule has 0 atom stereocenters. The number of nitrogens with zero attached hydrogens (tertiary/aromatic N) is 2. The highest BCUT2D eigenvalue weighted by Crippen LogP contribution is 2.20. The van der Waals surface area contributed by atoms with E-state index in [9.17, 15) is 14.4 Å². The molecule has 1 N–H and O–H groups in total. The van der Waals surface area contributed by atoms with E-state index in [0.717, 1.165) is 0 Å². The Morgan fingerprint density at radius 2 is 1.73 bits per heavy atom. The Balaban J connectivity index is 1.66. The molecule has 3 rings (SSSR count). The Kier molecular flexibility index (Phi) is 7.80. The molecule has 0 fully saturated rings. The van der Waals surface area contributed by atoms with Gasteiger partial charge >= 0.3 is 11.9 Å². The van der Waals surface area contributed by atoms with Crippen LogP contribution in [-0.2, 0) is 14.3 Å². The van der Waals surface area contributed by atoms with Crippen molar-refractivity contribution in [3.8, 4) is 11.4 Å². The highest BCUT2D eigenvalue weighted by atomic mass is 16.6. The van der Waals surface area contributed by atoms with Gasteiger partial charge in [0, 0.05) is 17.3 Å². The van der Waals surface area contributed by atoms with E-state index in [1.165, 1.54) is 6.20 Å². The molecule has 1 aromatic heterocycles. The Hall–Kier alpha value is -4.14. The Labute approximate surface area is 191 Å². The highest BCUT2D eigenvalue weighted by Gasteiger charge is 2.16. The van der Waals surface area contributed by atoms with Crippen LogP contribution in [0.2, 0.25) is 0 Å². The number of nitrogens with one attached hydrogen (secondary N) is 1. The van der Waals surface area contributed by atoms with Crippen molar-refractivity contribution in [1.82, 2.24) is 9.78 Å². The molecule has 3 aromatic rings. The molecule has 2 aromatic carbocycles. The molecule has 1 heterocycles. The highest BCUT2D eigenvalue weighted by molar-refractivity contribution is 6.04. The van der Waals surface area contributed by atoms with Crippen LogP contribution in [0.3, 0.4) is 0 Å². The van der Waals surface area contributed by atoms with Crippen LogP contribution in [0.15, 0.2) is 54.7 Å². The lowest BCUT2D eigenvalue weighted by Crippen LogP contribution is -2.15. The van der Waals surface area contributed by atoms with Crippen LogP contribution >= 0.6 is 0 Å². The fourth-order valence-corrected chi connectivity index (χ4v) is 3.04. The van der Waals surface area contributed by atoms with E-state index in [4.69, 9.17) is 14.2 Å². The third-order valence-electron chi connectivity index (χ3n) is 4.63. The maximum Gasteiger partial charge on any atom is 0.344 e. The Bertz CT molecular complexity index is 1140. The van der Waals surface area contributed by atoms with Crippen LogP contribution in [0.5, 0.6) is 5.75 Å². The molecule has 0 unspecified atom stereocenters. The summed E-state index contributed by atoms with van der Waals surface area (Å²) in [4.78, 5) is 36.1. The lowest BCUT2D eigenvalue weighted by atomic mass is 10.2. The summed E-state index contributed by atoms with van der Waals surface area (Å²) in [6.45, 7) is 5.59. The summed E-state index contributed by atoms with van der Waals surface area (Å²) >= 11 is 0. The van der Waals surface area contributed by atoms with E-state index in [-0.39, 0.29) is 25.7 Å². The van der Waals surface area contributed by atoms with Gasteiger partial charge in [0.25, 0.3) is 5.91 Å². The van der Waals surface area contributed by atoms with Gasteiger partial charge in [-0.3, -0.25) is 4.79 Å². The molecule has 9 nitrogen and oxygen atoms in total.